The fraction of sp³-hybridized carbons (Fsp3) is 0.105. The highest BCUT2D eigenvalue weighted by Gasteiger charge is 2.10. The van der Waals surface area contributed by atoms with Gasteiger partial charge in [0.25, 0.3) is 0 Å². The molecular formula is C19H17N5O. The molecule has 0 atom stereocenters. The predicted molar refractivity (Wildman–Crippen MR) is 97.7 cm³/mol. The Kier molecular flexibility index (Phi) is 3.78. The predicted octanol–water partition coefficient (Wildman–Crippen LogP) is 3.88. The average Bonchev–Trinajstić information content (AvgIpc) is 2.98. The number of hydrogen-bond acceptors (Lipinski definition) is 5. The second-order valence-electron chi connectivity index (χ2n) is 5.60. The number of aromatic nitrogens is 4. The Hall–Kier alpha value is -3.41. The van der Waals surface area contributed by atoms with Crippen molar-refractivity contribution in [3.63, 3.8) is 0 Å². The van der Waals surface area contributed by atoms with Gasteiger partial charge in [-0.15, -0.1) is 0 Å². The van der Waals surface area contributed by atoms with Crippen molar-refractivity contribution in [2.75, 3.05) is 12.4 Å². The molecule has 0 saturated heterocycles. The van der Waals surface area contributed by atoms with Crippen LogP contribution in [0.25, 0.3) is 16.9 Å². The minimum Gasteiger partial charge on any atom is -0.497 e. The van der Waals surface area contributed by atoms with Crippen LogP contribution in [0.15, 0.2) is 60.9 Å². The quantitative estimate of drug-likeness (QED) is 0.615. The van der Waals surface area contributed by atoms with Crippen LogP contribution < -0.4 is 10.1 Å². The Morgan fingerprint density at radius 1 is 0.960 bits per heavy atom. The topological polar surface area (TPSA) is 64.9 Å². The van der Waals surface area contributed by atoms with Gasteiger partial charge in [0, 0.05) is 5.69 Å². The molecule has 124 valence electrons. The zero-order chi connectivity index (χ0) is 17.2. The number of fused-ring (bicyclic) bond motifs is 1. The van der Waals surface area contributed by atoms with Gasteiger partial charge in [0.2, 0.25) is 0 Å². The van der Waals surface area contributed by atoms with Crippen molar-refractivity contribution in [3.05, 3.63) is 66.7 Å². The lowest BCUT2D eigenvalue weighted by Crippen LogP contribution is -2.03. The number of benzene rings is 2. The summed E-state index contributed by atoms with van der Waals surface area (Å²) < 4.78 is 7.18. The molecule has 1 N–H and O–H groups in total. The summed E-state index contributed by atoms with van der Waals surface area (Å²) in [5.74, 6) is 3.08. The van der Waals surface area contributed by atoms with Crippen LogP contribution in [-0.4, -0.2) is 26.6 Å². The number of hydrogen-bond donors (Lipinski definition) is 1. The lowest BCUT2D eigenvalue weighted by Gasteiger charge is -2.09. The van der Waals surface area contributed by atoms with Gasteiger partial charge in [0.05, 0.1) is 30.5 Å². The summed E-state index contributed by atoms with van der Waals surface area (Å²) in [6.07, 6.45) is 3.43. The third kappa shape index (κ3) is 2.89. The van der Waals surface area contributed by atoms with Crippen LogP contribution in [0.5, 0.6) is 5.75 Å². The van der Waals surface area contributed by atoms with Gasteiger partial charge in [-0.05, 0) is 43.3 Å². The molecule has 4 rings (SSSR count). The molecule has 0 aliphatic carbocycles. The molecule has 2 aromatic carbocycles. The van der Waals surface area contributed by atoms with Gasteiger partial charge in [0.1, 0.15) is 11.6 Å². The Balaban J connectivity index is 1.70. The van der Waals surface area contributed by atoms with Crippen molar-refractivity contribution in [2.45, 2.75) is 6.92 Å². The molecule has 2 aromatic heterocycles. The molecule has 0 saturated carbocycles. The van der Waals surface area contributed by atoms with Gasteiger partial charge in [-0.2, -0.15) is 0 Å². The van der Waals surface area contributed by atoms with Crippen molar-refractivity contribution in [3.8, 4) is 11.6 Å². The van der Waals surface area contributed by atoms with E-state index in [0.29, 0.717) is 5.82 Å². The van der Waals surface area contributed by atoms with E-state index in [4.69, 9.17) is 4.74 Å². The molecule has 0 aliphatic heterocycles. The molecule has 25 heavy (non-hydrogen) atoms. The van der Waals surface area contributed by atoms with Crippen LogP contribution in [0.3, 0.4) is 0 Å². The lowest BCUT2D eigenvalue weighted by molar-refractivity contribution is 0.415. The van der Waals surface area contributed by atoms with Crippen LogP contribution in [0.4, 0.5) is 11.5 Å². The minimum atomic E-state index is 0.667. The number of nitrogens with one attached hydrogen (secondary N) is 1. The average molecular weight is 331 g/mol. The molecule has 0 radical (unpaired) electrons. The fourth-order valence-electron chi connectivity index (χ4n) is 2.78. The monoisotopic (exact) mass is 331 g/mol. The Morgan fingerprint density at radius 2 is 1.76 bits per heavy atom. The standard InChI is InChI=1S/C19H17N5O/c1-13-21-16-5-3-4-6-17(16)24(13)19-12-20-11-18(23-19)22-14-7-9-15(25-2)10-8-14/h3-12H,1-2H3,(H,22,23). The summed E-state index contributed by atoms with van der Waals surface area (Å²) in [6, 6.07) is 15.7. The van der Waals surface area contributed by atoms with E-state index in [0.717, 1.165) is 34.1 Å². The molecule has 0 aliphatic rings. The Bertz CT molecular complexity index is 1020. The van der Waals surface area contributed by atoms with E-state index < -0.39 is 0 Å². The zero-order valence-electron chi connectivity index (χ0n) is 14.0. The van der Waals surface area contributed by atoms with Crippen LogP contribution in [0, 0.1) is 6.92 Å². The number of methoxy groups -OCH3 is 1. The number of imidazole rings is 1. The van der Waals surface area contributed by atoms with Crippen LogP contribution in [0.1, 0.15) is 5.82 Å². The molecule has 2 heterocycles. The van der Waals surface area contributed by atoms with Gasteiger partial charge in [-0.25, -0.2) is 9.97 Å². The third-order valence-electron chi connectivity index (χ3n) is 3.94. The number of anilines is 2. The summed E-state index contributed by atoms with van der Waals surface area (Å²) in [4.78, 5) is 13.6. The minimum absolute atomic E-state index is 0.667. The van der Waals surface area contributed by atoms with E-state index in [-0.39, 0.29) is 0 Å². The highest BCUT2D eigenvalue weighted by atomic mass is 16.5. The first-order chi connectivity index (χ1) is 12.2. The summed E-state index contributed by atoms with van der Waals surface area (Å²) in [5.41, 5.74) is 2.87. The maximum absolute atomic E-state index is 5.18. The highest BCUT2D eigenvalue weighted by Crippen LogP contribution is 2.22. The molecule has 0 amide bonds. The number of ether oxygens (including phenoxy) is 1. The lowest BCUT2D eigenvalue weighted by atomic mass is 10.3. The summed E-state index contributed by atoms with van der Waals surface area (Å²) in [5, 5.41) is 3.26. The molecule has 6 heteroatoms. The summed E-state index contributed by atoms with van der Waals surface area (Å²) in [6.45, 7) is 1.96. The normalized spacial score (nSPS) is 10.8. The van der Waals surface area contributed by atoms with Crippen LogP contribution >= 0.6 is 0 Å². The van der Waals surface area contributed by atoms with Gasteiger partial charge < -0.3 is 10.1 Å². The molecular weight excluding hydrogens is 314 g/mol. The van der Waals surface area contributed by atoms with E-state index in [1.54, 1.807) is 19.5 Å². The zero-order valence-corrected chi connectivity index (χ0v) is 14.0. The van der Waals surface area contributed by atoms with E-state index in [1.807, 2.05) is 60.0 Å². The molecule has 6 nitrogen and oxygen atoms in total. The SMILES string of the molecule is COc1ccc(Nc2cncc(-n3c(C)nc4ccccc43)n2)cc1. The first kappa shape index (κ1) is 15.1. The maximum atomic E-state index is 5.18. The van der Waals surface area contributed by atoms with Crippen molar-refractivity contribution in [1.82, 2.24) is 19.5 Å². The molecule has 4 aromatic rings. The fourth-order valence-corrected chi connectivity index (χ4v) is 2.78. The molecule has 0 unspecified atom stereocenters. The smallest absolute Gasteiger partial charge is 0.159 e. The molecule has 0 spiro atoms. The van der Waals surface area contributed by atoms with Gasteiger partial charge in [-0.1, -0.05) is 12.1 Å². The van der Waals surface area contributed by atoms with Crippen LogP contribution in [-0.2, 0) is 0 Å². The van der Waals surface area contributed by atoms with E-state index in [9.17, 15) is 0 Å². The number of nitrogens with zero attached hydrogens (tertiary/aromatic N) is 4. The van der Waals surface area contributed by atoms with E-state index in [2.05, 4.69) is 20.3 Å². The maximum Gasteiger partial charge on any atom is 0.159 e. The Morgan fingerprint density at radius 3 is 2.56 bits per heavy atom. The van der Waals surface area contributed by atoms with Gasteiger partial charge >= 0.3 is 0 Å². The second kappa shape index (κ2) is 6.24. The molecule has 0 fully saturated rings. The second-order valence-corrected chi connectivity index (χ2v) is 5.60. The number of aryl methyl sites for hydroxylation is 1. The van der Waals surface area contributed by atoms with Crippen molar-refractivity contribution < 1.29 is 4.74 Å². The number of para-hydroxylation sites is 2. The van der Waals surface area contributed by atoms with Crippen molar-refractivity contribution in [1.29, 1.82) is 0 Å². The first-order valence-corrected chi connectivity index (χ1v) is 7.92. The van der Waals surface area contributed by atoms with Gasteiger partial charge in [0.15, 0.2) is 11.6 Å². The van der Waals surface area contributed by atoms with Crippen LogP contribution in [0.2, 0.25) is 0 Å². The first-order valence-electron chi connectivity index (χ1n) is 7.92. The molecule has 0 bridgehead atoms. The summed E-state index contributed by atoms with van der Waals surface area (Å²) >= 11 is 0. The summed E-state index contributed by atoms with van der Waals surface area (Å²) in [7, 11) is 1.65. The Labute approximate surface area is 145 Å². The van der Waals surface area contributed by atoms with Crippen molar-refractivity contribution >= 4 is 22.5 Å². The highest BCUT2D eigenvalue weighted by molar-refractivity contribution is 5.77. The van der Waals surface area contributed by atoms with Crippen molar-refractivity contribution in [2.24, 2.45) is 0 Å². The largest absolute Gasteiger partial charge is 0.497 e. The van der Waals surface area contributed by atoms with E-state index in [1.165, 1.54) is 0 Å². The van der Waals surface area contributed by atoms with Gasteiger partial charge in [-0.3, -0.25) is 9.55 Å². The number of rotatable bonds is 4. The van der Waals surface area contributed by atoms with E-state index >= 15 is 0 Å². The third-order valence-corrected chi connectivity index (χ3v) is 3.94.